The molecule has 1 saturated heterocycles. The molecule has 0 amide bonds. The summed E-state index contributed by atoms with van der Waals surface area (Å²) < 4.78 is 8.22. The topological polar surface area (TPSA) is 43.2 Å². The third-order valence-electron chi connectivity index (χ3n) is 4.71. The molecule has 0 saturated carbocycles. The number of fused-ring (bicyclic) bond motifs is 1. The lowest BCUT2D eigenvalue weighted by atomic mass is 9.90. The van der Waals surface area contributed by atoms with Gasteiger partial charge in [0.2, 0.25) is 0 Å². The van der Waals surface area contributed by atoms with Gasteiger partial charge in [-0.05, 0) is 24.5 Å². The normalized spacial score (nSPS) is 25.0. The Balaban J connectivity index is 1.48. The van der Waals surface area contributed by atoms with E-state index in [9.17, 15) is 0 Å². The summed E-state index contributed by atoms with van der Waals surface area (Å²) in [5.74, 6) is 2.09. The van der Waals surface area contributed by atoms with Crippen LogP contribution in [0.15, 0.2) is 30.6 Å². The Morgan fingerprint density at radius 3 is 3.05 bits per heavy atom. The predicted octanol–water partition coefficient (Wildman–Crippen LogP) is 1.78. The van der Waals surface area contributed by atoms with E-state index in [0.29, 0.717) is 0 Å². The van der Waals surface area contributed by atoms with E-state index in [1.807, 2.05) is 11.7 Å². The zero-order valence-electron chi connectivity index (χ0n) is 12.3. The first-order valence-corrected chi connectivity index (χ1v) is 7.56. The van der Waals surface area contributed by atoms with E-state index < -0.39 is 0 Å². The molecule has 0 bridgehead atoms. The maximum Gasteiger partial charge on any atom is 0.140 e. The summed E-state index contributed by atoms with van der Waals surface area (Å²) in [6.45, 7) is 2.90. The van der Waals surface area contributed by atoms with Gasteiger partial charge >= 0.3 is 0 Å². The predicted molar refractivity (Wildman–Crippen MR) is 79.0 cm³/mol. The van der Waals surface area contributed by atoms with Crippen molar-refractivity contribution in [1.82, 2.24) is 19.7 Å². The summed E-state index contributed by atoms with van der Waals surface area (Å²) in [6.07, 6.45) is 4.95. The Kier molecular flexibility index (Phi) is 2.96. The van der Waals surface area contributed by atoms with Gasteiger partial charge in [-0.2, -0.15) is 5.10 Å². The maximum absolute atomic E-state index is 6.38. The van der Waals surface area contributed by atoms with Crippen molar-refractivity contribution in [2.24, 2.45) is 7.05 Å². The number of likely N-dealkylation sites (tertiary alicyclic amines) is 1. The third kappa shape index (κ3) is 2.31. The average molecular weight is 284 g/mol. The summed E-state index contributed by atoms with van der Waals surface area (Å²) in [7, 11) is 1.95. The molecule has 2 aromatic rings. The van der Waals surface area contributed by atoms with Crippen LogP contribution in [0.1, 0.15) is 24.2 Å². The maximum atomic E-state index is 6.38. The molecular weight excluding hydrogens is 264 g/mol. The van der Waals surface area contributed by atoms with Crippen LogP contribution in [-0.4, -0.2) is 38.4 Å². The molecule has 1 aromatic heterocycles. The lowest BCUT2D eigenvalue weighted by molar-refractivity contribution is 0.0533. The first-order chi connectivity index (χ1) is 10.2. The van der Waals surface area contributed by atoms with Crippen LogP contribution in [0, 0.1) is 0 Å². The molecular formula is C16H20N4O. The van der Waals surface area contributed by atoms with Gasteiger partial charge in [-0.1, -0.05) is 18.2 Å². The van der Waals surface area contributed by atoms with E-state index in [1.165, 1.54) is 5.56 Å². The van der Waals surface area contributed by atoms with Crippen molar-refractivity contribution in [2.75, 3.05) is 13.1 Å². The fraction of sp³-hybridized carbons (Fsp3) is 0.500. The van der Waals surface area contributed by atoms with Crippen molar-refractivity contribution in [2.45, 2.75) is 31.4 Å². The summed E-state index contributed by atoms with van der Waals surface area (Å²) in [5.41, 5.74) is 1.34. The Bertz CT molecular complexity index is 653. The van der Waals surface area contributed by atoms with E-state index >= 15 is 0 Å². The molecule has 2 aliphatic heterocycles. The minimum Gasteiger partial charge on any atom is -0.486 e. The number of nitrogens with zero attached hydrogens (tertiary/aromatic N) is 4. The minimum atomic E-state index is -0.00700. The highest BCUT2D eigenvalue weighted by Crippen LogP contribution is 2.38. The smallest absolute Gasteiger partial charge is 0.140 e. The molecule has 2 aliphatic rings. The summed E-state index contributed by atoms with van der Waals surface area (Å²) >= 11 is 0. The molecule has 5 heteroatoms. The molecule has 0 N–H and O–H groups in total. The molecule has 1 atom stereocenters. The van der Waals surface area contributed by atoms with Crippen LogP contribution in [-0.2, 0) is 20.0 Å². The molecule has 1 spiro atoms. The molecule has 1 unspecified atom stereocenters. The number of aryl methyl sites for hydroxylation is 2. The number of aromatic nitrogens is 3. The summed E-state index contributed by atoms with van der Waals surface area (Å²) in [4.78, 5) is 6.75. The third-order valence-corrected chi connectivity index (χ3v) is 4.71. The van der Waals surface area contributed by atoms with E-state index in [0.717, 1.165) is 50.5 Å². The van der Waals surface area contributed by atoms with E-state index in [-0.39, 0.29) is 5.60 Å². The van der Waals surface area contributed by atoms with Gasteiger partial charge in [0.05, 0.1) is 6.54 Å². The van der Waals surface area contributed by atoms with Gasteiger partial charge in [0.25, 0.3) is 0 Å². The Morgan fingerprint density at radius 1 is 1.29 bits per heavy atom. The first kappa shape index (κ1) is 12.8. The van der Waals surface area contributed by atoms with Crippen LogP contribution in [0.4, 0.5) is 0 Å². The van der Waals surface area contributed by atoms with Gasteiger partial charge in [-0.25, -0.2) is 4.98 Å². The monoisotopic (exact) mass is 284 g/mol. The van der Waals surface area contributed by atoms with Crippen molar-refractivity contribution in [3.05, 3.63) is 42.0 Å². The van der Waals surface area contributed by atoms with Crippen LogP contribution in [0.5, 0.6) is 5.75 Å². The number of hydrogen-bond acceptors (Lipinski definition) is 4. The molecule has 0 radical (unpaired) electrons. The molecule has 110 valence electrons. The molecule has 4 rings (SSSR count). The minimum absolute atomic E-state index is 0.00700. The summed E-state index contributed by atoms with van der Waals surface area (Å²) in [5, 5.41) is 4.14. The number of benzene rings is 1. The van der Waals surface area contributed by atoms with E-state index in [2.05, 4.69) is 39.2 Å². The Labute approximate surface area is 124 Å². The van der Waals surface area contributed by atoms with Crippen LogP contribution < -0.4 is 4.74 Å². The molecule has 1 fully saturated rings. The van der Waals surface area contributed by atoms with Gasteiger partial charge in [0.15, 0.2) is 0 Å². The quantitative estimate of drug-likeness (QED) is 0.843. The lowest BCUT2D eigenvalue weighted by Gasteiger charge is -2.35. The second-order valence-corrected chi connectivity index (χ2v) is 6.15. The number of rotatable bonds is 2. The number of ether oxygens (including phenoxy) is 1. The highest BCUT2D eigenvalue weighted by molar-refractivity contribution is 5.36. The molecule has 5 nitrogen and oxygen atoms in total. The van der Waals surface area contributed by atoms with Gasteiger partial charge < -0.3 is 4.74 Å². The largest absolute Gasteiger partial charge is 0.486 e. The van der Waals surface area contributed by atoms with Crippen LogP contribution in [0.25, 0.3) is 0 Å². The van der Waals surface area contributed by atoms with Crippen molar-refractivity contribution in [3.63, 3.8) is 0 Å². The van der Waals surface area contributed by atoms with Crippen molar-refractivity contribution < 1.29 is 4.74 Å². The summed E-state index contributed by atoms with van der Waals surface area (Å²) in [6, 6.07) is 8.43. The van der Waals surface area contributed by atoms with Crippen molar-refractivity contribution in [3.8, 4) is 5.75 Å². The van der Waals surface area contributed by atoms with Crippen molar-refractivity contribution in [1.29, 1.82) is 0 Å². The second-order valence-electron chi connectivity index (χ2n) is 6.15. The van der Waals surface area contributed by atoms with E-state index in [1.54, 1.807) is 6.33 Å². The molecule has 21 heavy (non-hydrogen) atoms. The second kappa shape index (κ2) is 4.84. The molecule has 1 aromatic carbocycles. The van der Waals surface area contributed by atoms with Gasteiger partial charge in [0.1, 0.15) is 23.5 Å². The number of para-hydroxylation sites is 1. The highest BCUT2D eigenvalue weighted by atomic mass is 16.5. The fourth-order valence-corrected chi connectivity index (χ4v) is 3.47. The molecule has 0 aliphatic carbocycles. The number of hydrogen-bond donors (Lipinski definition) is 0. The van der Waals surface area contributed by atoms with Crippen LogP contribution in [0.3, 0.4) is 0 Å². The average Bonchev–Trinajstić information content (AvgIpc) is 3.07. The van der Waals surface area contributed by atoms with Gasteiger partial charge in [-0.3, -0.25) is 9.58 Å². The fourth-order valence-electron chi connectivity index (χ4n) is 3.47. The first-order valence-electron chi connectivity index (χ1n) is 7.56. The molecule has 3 heterocycles. The zero-order chi connectivity index (χ0) is 14.3. The Hall–Kier alpha value is -1.88. The van der Waals surface area contributed by atoms with Crippen LogP contribution >= 0.6 is 0 Å². The van der Waals surface area contributed by atoms with Crippen molar-refractivity contribution >= 4 is 0 Å². The van der Waals surface area contributed by atoms with E-state index in [4.69, 9.17) is 4.74 Å². The standard InChI is InChI=1S/C16H20N4O/c1-19-15(17-12-18-19)10-20-9-8-16(11-20)7-6-13-4-2-3-5-14(13)21-16/h2-5,12H,6-11H2,1H3. The zero-order valence-corrected chi connectivity index (χ0v) is 12.3. The highest BCUT2D eigenvalue weighted by Gasteiger charge is 2.42. The van der Waals surface area contributed by atoms with Crippen LogP contribution in [0.2, 0.25) is 0 Å². The van der Waals surface area contributed by atoms with Gasteiger partial charge in [0, 0.05) is 26.6 Å². The van der Waals surface area contributed by atoms with Gasteiger partial charge in [-0.15, -0.1) is 0 Å². The Morgan fingerprint density at radius 2 is 2.19 bits per heavy atom. The lowest BCUT2D eigenvalue weighted by Crippen LogP contribution is -2.42. The SMILES string of the molecule is Cn1ncnc1CN1CCC2(CCc3ccccc3O2)C1.